The molecule has 0 aromatic heterocycles. The zero-order chi connectivity index (χ0) is 16.2. The number of fused-ring (bicyclic) bond motifs is 5. The van der Waals surface area contributed by atoms with Crippen LogP contribution in [-0.4, -0.2) is 17.0 Å². The van der Waals surface area contributed by atoms with Crippen LogP contribution in [-0.2, 0) is 4.79 Å². The number of terminal acetylenes is 1. The lowest BCUT2D eigenvalue weighted by Gasteiger charge is -2.54. The van der Waals surface area contributed by atoms with Gasteiger partial charge in [0.1, 0.15) is 0 Å². The van der Waals surface area contributed by atoms with E-state index in [0.717, 1.165) is 44.4 Å². The van der Waals surface area contributed by atoms with Crippen LogP contribution in [0, 0.1) is 47.3 Å². The third-order valence-electron chi connectivity index (χ3n) is 7.91. The Balaban J connectivity index is 1.66. The molecule has 3 fully saturated rings. The molecule has 7 atom stereocenters. The predicted molar refractivity (Wildman–Crippen MR) is 90.4 cm³/mol. The quantitative estimate of drug-likeness (QED) is 0.749. The second-order valence-corrected chi connectivity index (χ2v) is 8.38. The molecule has 0 aliphatic heterocycles. The molecule has 0 spiro atoms. The topological polar surface area (TPSA) is 37.3 Å². The lowest BCUT2D eigenvalue weighted by molar-refractivity contribution is -0.116. The van der Waals surface area contributed by atoms with Crippen molar-refractivity contribution in [3.8, 4) is 12.3 Å². The number of allylic oxidation sites excluding steroid dienone is 1. The molecule has 3 saturated carbocycles. The normalized spacial score (nSPS) is 48.7. The summed E-state index contributed by atoms with van der Waals surface area (Å²) in [7, 11) is 0. The van der Waals surface area contributed by atoms with E-state index in [-0.39, 0.29) is 17.4 Å². The first-order valence-corrected chi connectivity index (χ1v) is 9.48. The number of hydrogen-bond acceptors (Lipinski definition) is 2. The van der Waals surface area contributed by atoms with Gasteiger partial charge in [-0.3, -0.25) is 4.79 Å². The third-order valence-corrected chi connectivity index (χ3v) is 7.91. The number of rotatable bonds is 1. The molecule has 0 saturated heterocycles. The van der Waals surface area contributed by atoms with Crippen LogP contribution in [0.25, 0.3) is 0 Å². The Morgan fingerprint density at radius 2 is 2.13 bits per heavy atom. The van der Waals surface area contributed by atoms with Gasteiger partial charge < -0.3 is 5.11 Å². The van der Waals surface area contributed by atoms with E-state index in [1.165, 1.54) is 18.4 Å². The van der Waals surface area contributed by atoms with Crippen molar-refractivity contribution in [2.45, 2.75) is 64.4 Å². The average molecular weight is 312 g/mol. The molecule has 0 aromatic carbocycles. The molecule has 0 heterocycles. The first-order chi connectivity index (χ1) is 11.1. The Labute approximate surface area is 139 Å². The van der Waals surface area contributed by atoms with Gasteiger partial charge in [-0.1, -0.05) is 12.5 Å². The van der Waals surface area contributed by atoms with Gasteiger partial charge in [-0.25, -0.2) is 0 Å². The van der Waals surface area contributed by atoms with E-state index in [1.807, 2.05) is 6.08 Å². The largest absolute Gasteiger partial charge is 0.391 e. The Kier molecular flexibility index (Phi) is 3.69. The maximum Gasteiger partial charge on any atom is 0.155 e. The van der Waals surface area contributed by atoms with Crippen LogP contribution >= 0.6 is 0 Å². The van der Waals surface area contributed by atoms with E-state index in [0.29, 0.717) is 23.5 Å². The van der Waals surface area contributed by atoms with Crippen molar-refractivity contribution in [1.29, 1.82) is 0 Å². The monoisotopic (exact) mass is 312 g/mol. The highest BCUT2D eigenvalue weighted by Gasteiger charge is 2.60. The van der Waals surface area contributed by atoms with Crippen LogP contribution in [0.15, 0.2) is 11.6 Å². The van der Waals surface area contributed by atoms with E-state index in [2.05, 4.69) is 12.8 Å². The Morgan fingerprint density at radius 1 is 1.30 bits per heavy atom. The zero-order valence-corrected chi connectivity index (χ0v) is 14.1. The lowest BCUT2D eigenvalue weighted by atomic mass is 9.51. The van der Waals surface area contributed by atoms with Gasteiger partial charge in [0.2, 0.25) is 0 Å². The van der Waals surface area contributed by atoms with Crippen molar-refractivity contribution in [2.75, 3.05) is 0 Å². The highest BCUT2D eigenvalue weighted by Crippen LogP contribution is 2.64. The average Bonchev–Trinajstić information content (AvgIpc) is 2.87. The molecule has 2 nitrogen and oxygen atoms in total. The van der Waals surface area contributed by atoms with Gasteiger partial charge in [0.25, 0.3) is 0 Å². The van der Waals surface area contributed by atoms with Crippen LogP contribution in [0.5, 0.6) is 0 Å². The first kappa shape index (κ1) is 15.5. The SMILES string of the molecule is C#C[C@H]1CC2C3CCC4=CC(=O)CCC4C3CCC2(CC)C1O. The second-order valence-electron chi connectivity index (χ2n) is 8.38. The van der Waals surface area contributed by atoms with Crippen molar-refractivity contribution in [3.05, 3.63) is 11.6 Å². The summed E-state index contributed by atoms with van der Waals surface area (Å²) in [6, 6.07) is 0. The zero-order valence-electron chi connectivity index (χ0n) is 14.1. The maximum atomic E-state index is 11.8. The van der Waals surface area contributed by atoms with E-state index >= 15 is 0 Å². The fraction of sp³-hybridized carbons (Fsp3) is 0.762. The highest BCUT2D eigenvalue weighted by atomic mass is 16.3. The fourth-order valence-electron chi connectivity index (χ4n) is 6.81. The van der Waals surface area contributed by atoms with Gasteiger partial charge in [0.15, 0.2) is 5.78 Å². The Hall–Kier alpha value is -1.07. The minimum atomic E-state index is -0.312. The first-order valence-electron chi connectivity index (χ1n) is 9.48. The maximum absolute atomic E-state index is 11.8. The number of carbonyl (C=O) groups is 1. The Morgan fingerprint density at radius 3 is 2.87 bits per heavy atom. The molecule has 0 bridgehead atoms. The van der Waals surface area contributed by atoms with Crippen LogP contribution in [0.4, 0.5) is 0 Å². The molecular formula is C21H28O2. The molecule has 0 amide bonds. The summed E-state index contributed by atoms with van der Waals surface area (Å²) in [5.41, 5.74) is 1.49. The summed E-state index contributed by atoms with van der Waals surface area (Å²) in [4.78, 5) is 11.8. The second kappa shape index (κ2) is 5.49. The van der Waals surface area contributed by atoms with E-state index < -0.39 is 0 Å². The van der Waals surface area contributed by atoms with Crippen LogP contribution in [0.3, 0.4) is 0 Å². The van der Waals surface area contributed by atoms with E-state index in [4.69, 9.17) is 6.42 Å². The van der Waals surface area contributed by atoms with Crippen molar-refractivity contribution in [3.63, 3.8) is 0 Å². The van der Waals surface area contributed by atoms with Crippen molar-refractivity contribution >= 4 is 5.78 Å². The summed E-state index contributed by atoms with van der Waals surface area (Å²) in [6.07, 6.45) is 15.8. The van der Waals surface area contributed by atoms with Gasteiger partial charge in [-0.05, 0) is 74.7 Å². The molecule has 4 rings (SSSR count). The fourth-order valence-corrected chi connectivity index (χ4v) is 6.81. The van der Waals surface area contributed by atoms with Crippen LogP contribution in [0.1, 0.15) is 58.3 Å². The van der Waals surface area contributed by atoms with Gasteiger partial charge in [0, 0.05) is 17.8 Å². The predicted octanol–water partition coefficient (Wildman–Crippen LogP) is 3.74. The Bertz CT molecular complexity index is 583. The van der Waals surface area contributed by atoms with Crippen LogP contribution < -0.4 is 0 Å². The summed E-state index contributed by atoms with van der Waals surface area (Å²) < 4.78 is 0. The summed E-state index contributed by atoms with van der Waals surface area (Å²) >= 11 is 0. The summed E-state index contributed by atoms with van der Waals surface area (Å²) in [5.74, 6) is 5.89. The molecule has 6 unspecified atom stereocenters. The number of ketones is 1. The van der Waals surface area contributed by atoms with Gasteiger partial charge in [-0.2, -0.15) is 0 Å². The number of hydrogen-bond donors (Lipinski definition) is 1. The highest BCUT2D eigenvalue weighted by molar-refractivity contribution is 5.91. The molecule has 0 aromatic rings. The van der Waals surface area contributed by atoms with Gasteiger partial charge in [0.05, 0.1) is 6.10 Å². The molecule has 0 radical (unpaired) electrons. The number of aliphatic hydroxyl groups excluding tert-OH is 1. The molecule has 124 valence electrons. The summed E-state index contributed by atoms with van der Waals surface area (Å²) in [5, 5.41) is 10.9. The van der Waals surface area contributed by atoms with Crippen molar-refractivity contribution < 1.29 is 9.90 Å². The smallest absolute Gasteiger partial charge is 0.155 e. The van der Waals surface area contributed by atoms with Crippen LogP contribution in [0.2, 0.25) is 0 Å². The molecule has 1 N–H and O–H groups in total. The molecule has 4 aliphatic rings. The minimum Gasteiger partial charge on any atom is -0.391 e. The van der Waals surface area contributed by atoms with Gasteiger partial charge >= 0.3 is 0 Å². The molecule has 2 heteroatoms. The van der Waals surface area contributed by atoms with Crippen molar-refractivity contribution in [1.82, 2.24) is 0 Å². The summed E-state index contributed by atoms with van der Waals surface area (Å²) in [6.45, 7) is 2.24. The standard InChI is InChI=1S/C21H28O2/c1-3-13-12-19-18-7-5-14-11-15(22)6-8-16(14)17(18)9-10-21(19,4-2)20(13)23/h1,11,13,16-20,23H,4-10,12H2,2H3/t13-,16?,17?,18?,19?,20?,21?/m0/s1. The number of carbonyl (C=O) groups excluding carboxylic acids is 1. The number of aliphatic hydroxyl groups is 1. The van der Waals surface area contributed by atoms with Gasteiger partial charge in [-0.15, -0.1) is 12.3 Å². The lowest BCUT2D eigenvalue weighted by Crippen LogP contribution is -2.49. The third kappa shape index (κ3) is 2.09. The van der Waals surface area contributed by atoms with Crippen molar-refractivity contribution in [2.24, 2.45) is 35.0 Å². The molecule has 23 heavy (non-hydrogen) atoms. The minimum absolute atomic E-state index is 0.0450. The molecule has 4 aliphatic carbocycles. The van der Waals surface area contributed by atoms with E-state index in [1.54, 1.807) is 0 Å². The van der Waals surface area contributed by atoms with E-state index in [9.17, 15) is 9.90 Å². The molecular weight excluding hydrogens is 284 g/mol.